The number of piperazine rings is 1. The van der Waals surface area contributed by atoms with E-state index in [2.05, 4.69) is 22.5 Å². The van der Waals surface area contributed by atoms with Crippen molar-refractivity contribution in [2.45, 2.75) is 13.8 Å². The first-order chi connectivity index (χ1) is 19.6. The third-order valence-electron chi connectivity index (χ3n) is 7.41. The molecule has 3 heterocycles. The van der Waals surface area contributed by atoms with Gasteiger partial charge in [0.2, 0.25) is 11.8 Å². The minimum atomic E-state index is -0.362. The van der Waals surface area contributed by atoms with Crippen molar-refractivity contribution in [3.63, 3.8) is 0 Å². The summed E-state index contributed by atoms with van der Waals surface area (Å²) in [6.45, 7) is 10.7. The molecule has 0 atom stereocenters. The molecule has 2 aromatic heterocycles. The second-order valence-corrected chi connectivity index (χ2v) is 11.4. The van der Waals surface area contributed by atoms with Gasteiger partial charge in [-0.25, -0.2) is 14.4 Å². The number of rotatable bonds is 7. The first-order valence-corrected chi connectivity index (χ1v) is 14.1. The Bertz CT molecular complexity index is 1720. The molecule has 0 saturated carbocycles. The Labute approximate surface area is 242 Å². The van der Waals surface area contributed by atoms with Crippen LogP contribution in [0.25, 0.3) is 32.2 Å². The van der Waals surface area contributed by atoms with Gasteiger partial charge in [0.15, 0.2) is 5.13 Å². The Morgan fingerprint density at radius 3 is 2.63 bits per heavy atom. The number of carbonyl (C=O) groups is 1. The molecule has 212 valence electrons. The summed E-state index contributed by atoms with van der Waals surface area (Å²) in [4.78, 5) is 27.4. The third kappa shape index (κ3) is 5.16. The zero-order chi connectivity index (χ0) is 29.4. The maximum atomic E-state index is 14.6. The monoisotopic (exact) mass is 573 g/mol. The van der Waals surface area contributed by atoms with Gasteiger partial charge in [-0.1, -0.05) is 17.9 Å². The van der Waals surface area contributed by atoms with E-state index < -0.39 is 0 Å². The summed E-state index contributed by atoms with van der Waals surface area (Å²) in [5.74, 6) is -0.206. The molecule has 1 fully saturated rings. The molecule has 5 rings (SSSR count). The van der Waals surface area contributed by atoms with Crippen LogP contribution in [0, 0.1) is 31.0 Å². The average Bonchev–Trinajstić information content (AvgIpc) is 3.35. The van der Waals surface area contributed by atoms with Crippen molar-refractivity contribution in [1.29, 1.82) is 5.26 Å². The number of aromatic nitrogens is 2. The molecule has 0 unspecified atom stereocenters. The van der Waals surface area contributed by atoms with Crippen LogP contribution in [0.2, 0.25) is 0 Å². The normalized spacial score (nSPS) is 13.7. The Balaban J connectivity index is 1.72. The Morgan fingerprint density at radius 2 is 1.98 bits per heavy atom. The predicted octanol–water partition coefficient (Wildman–Crippen LogP) is 4.50. The highest BCUT2D eigenvalue weighted by Gasteiger charge is 2.28. The van der Waals surface area contributed by atoms with Crippen molar-refractivity contribution in [3.05, 3.63) is 53.4 Å². The van der Waals surface area contributed by atoms with E-state index in [1.54, 1.807) is 11.0 Å². The van der Waals surface area contributed by atoms with Gasteiger partial charge in [-0.3, -0.25) is 4.79 Å². The molecule has 0 radical (unpaired) electrons. The molecule has 0 bridgehead atoms. The number of anilines is 2. The average molecular weight is 574 g/mol. The number of nitrogens with two attached hydrogens (primary N) is 1. The molecular formula is C30H32FN7O2S. The van der Waals surface area contributed by atoms with Gasteiger partial charge in [0.25, 0.3) is 0 Å². The van der Waals surface area contributed by atoms with E-state index >= 15 is 0 Å². The number of fused-ring (bicyclic) bond motifs is 2. The van der Waals surface area contributed by atoms with Crippen LogP contribution in [-0.4, -0.2) is 79.1 Å². The lowest BCUT2D eigenvalue weighted by atomic mass is 9.91. The number of benzene rings is 2. The molecule has 1 aliphatic rings. The second-order valence-electron chi connectivity index (χ2n) is 10.3. The van der Waals surface area contributed by atoms with Gasteiger partial charge < -0.3 is 25.2 Å². The van der Waals surface area contributed by atoms with E-state index in [1.807, 2.05) is 38.9 Å². The molecule has 4 aromatic rings. The number of likely N-dealkylation sites (N-methyl/N-ethyl adjacent to an activating group) is 1. The molecule has 41 heavy (non-hydrogen) atoms. The van der Waals surface area contributed by atoms with E-state index in [0.29, 0.717) is 65.8 Å². The number of nitrogen functional groups attached to an aromatic ring is 1. The van der Waals surface area contributed by atoms with Crippen molar-refractivity contribution in [1.82, 2.24) is 19.8 Å². The summed E-state index contributed by atoms with van der Waals surface area (Å²) in [7, 11) is 3.90. The number of halogens is 1. The third-order valence-corrected chi connectivity index (χ3v) is 8.31. The molecule has 1 aliphatic heterocycles. The lowest BCUT2D eigenvalue weighted by Crippen LogP contribution is -2.48. The minimum Gasteiger partial charge on any atom is -0.475 e. The molecular weight excluding hydrogens is 541 g/mol. The van der Waals surface area contributed by atoms with Gasteiger partial charge in [0.1, 0.15) is 24.1 Å². The van der Waals surface area contributed by atoms with Crippen LogP contribution >= 0.6 is 11.3 Å². The van der Waals surface area contributed by atoms with Crippen molar-refractivity contribution in [2.24, 2.45) is 0 Å². The van der Waals surface area contributed by atoms with Gasteiger partial charge in [-0.05, 0) is 68.9 Å². The molecule has 1 amide bonds. The summed E-state index contributed by atoms with van der Waals surface area (Å²) in [6.07, 6.45) is 1.32. The molecule has 9 nitrogen and oxygen atoms in total. The molecule has 0 aliphatic carbocycles. The van der Waals surface area contributed by atoms with Crippen LogP contribution in [-0.2, 0) is 4.79 Å². The fourth-order valence-electron chi connectivity index (χ4n) is 5.44. The lowest BCUT2D eigenvalue weighted by molar-refractivity contribution is -0.126. The van der Waals surface area contributed by atoms with E-state index in [-0.39, 0.29) is 17.6 Å². The quantitative estimate of drug-likeness (QED) is 0.322. The summed E-state index contributed by atoms with van der Waals surface area (Å²) in [6, 6.07) is 7.55. The fraction of sp³-hybridized carbons (Fsp3) is 0.333. The second kappa shape index (κ2) is 11.3. The molecule has 11 heteroatoms. The predicted molar refractivity (Wildman–Crippen MR) is 162 cm³/mol. The molecule has 0 spiro atoms. The number of aryl methyl sites for hydroxylation is 2. The number of hydrogen-bond donors (Lipinski definition) is 1. The van der Waals surface area contributed by atoms with Gasteiger partial charge in [0.05, 0.1) is 21.4 Å². The van der Waals surface area contributed by atoms with Crippen LogP contribution in [0.3, 0.4) is 0 Å². The number of carbonyl (C=O) groups excluding carboxylic acids is 1. The van der Waals surface area contributed by atoms with E-state index in [9.17, 15) is 14.4 Å². The number of thiazole rings is 1. The molecule has 2 N–H and O–H groups in total. The highest BCUT2D eigenvalue weighted by molar-refractivity contribution is 7.22. The van der Waals surface area contributed by atoms with Crippen molar-refractivity contribution in [3.8, 4) is 23.1 Å². The summed E-state index contributed by atoms with van der Waals surface area (Å²) >= 11 is 1.12. The summed E-state index contributed by atoms with van der Waals surface area (Å²) in [5, 5.41) is 11.5. The maximum Gasteiger partial charge on any atom is 0.246 e. The zero-order valence-corrected chi connectivity index (χ0v) is 24.4. The van der Waals surface area contributed by atoms with Gasteiger partial charge in [-0.15, -0.1) is 0 Å². The lowest BCUT2D eigenvalue weighted by Gasteiger charge is -2.37. The SMILES string of the molecule is C=CC(=O)N1CCN(c2c(C#N)c(OCCN(C)C)nc3c(C)c(-c4ccc(F)c5sc(N)nc45)c(C)cc23)CC1. The van der Waals surface area contributed by atoms with Crippen LogP contribution in [0.1, 0.15) is 16.7 Å². The fourth-order valence-corrected chi connectivity index (χ4v) is 6.20. The maximum absolute atomic E-state index is 14.6. The van der Waals surface area contributed by atoms with Gasteiger partial charge in [-0.2, -0.15) is 5.26 Å². The van der Waals surface area contributed by atoms with Crippen molar-refractivity contribution < 1.29 is 13.9 Å². The largest absolute Gasteiger partial charge is 0.475 e. The van der Waals surface area contributed by atoms with E-state index in [4.69, 9.17) is 15.5 Å². The van der Waals surface area contributed by atoms with E-state index in [0.717, 1.165) is 44.7 Å². The number of nitrogens with zero attached hydrogens (tertiary/aromatic N) is 6. The zero-order valence-electron chi connectivity index (χ0n) is 23.6. The molecule has 2 aromatic carbocycles. The number of amides is 1. The van der Waals surface area contributed by atoms with Crippen molar-refractivity contribution >= 4 is 49.2 Å². The van der Waals surface area contributed by atoms with Crippen LogP contribution in [0.4, 0.5) is 15.2 Å². The van der Waals surface area contributed by atoms with Gasteiger partial charge in [0, 0.05) is 43.7 Å². The first-order valence-electron chi connectivity index (χ1n) is 13.3. The Morgan fingerprint density at radius 1 is 1.24 bits per heavy atom. The smallest absolute Gasteiger partial charge is 0.246 e. The molecule has 1 saturated heterocycles. The standard InChI is InChI=1S/C30H32FN7O2S/c1-6-23(39)37-9-11-38(12-10-37)27-20-15-17(2)24(19-7-8-22(31)28-26(19)35-30(33)41-28)18(3)25(20)34-29(21(27)16-32)40-14-13-36(4)5/h6-8,15H,1,9-14H2,2-5H3,(H2,33,35). The summed E-state index contributed by atoms with van der Waals surface area (Å²) in [5.41, 5.74) is 11.7. The number of hydrogen-bond acceptors (Lipinski definition) is 9. The van der Waals surface area contributed by atoms with Gasteiger partial charge >= 0.3 is 0 Å². The highest BCUT2D eigenvalue weighted by Crippen LogP contribution is 2.43. The Kier molecular flexibility index (Phi) is 7.80. The number of ether oxygens (including phenoxy) is 1. The number of nitriles is 1. The summed E-state index contributed by atoms with van der Waals surface area (Å²) < 4.78 is 21.2. The van der Waals surface area contributed by atoms with Crippen LogP contribution < -0.4 is 15.4 Å². The first kappa shape index (κ1) is 28.3. The van der Waals surface area contributed by atoms with Crippen LogP contribution in [0.15, 0.2) is 30.9 Å². The topological polar surface area (TPSA) is 112 Å². The van der Waals surface area contributed by atoms with E-state index in [1.165, 1.54) is 12.1 Å². The number of pyridine rings is 1. The minimum absolute atomic E-state index is 0.109. The Hall–Kier alpha value is -4.27. The van der Waals surface area contributed by atoms with Crippen molar-refractivity contribution in [2.75, 3.05) is 64.1 Å². The van der Waals surface area contributed by atoms with Crippen LogP contribution in [0.5, 0.6) is 5.88 Å². The highest BCUT2D eigenvalue weighted by atomic mass is 32.1.